The van der Waals surface area contributed by atoms with Gasteiger partial charge in [0.1, 0.15) is 5.75 Å². The van der Waals surface area contributed by atoms with Crippen molar-refractivity contribution in [1.29, 1.82) is 0 Å². The second kappa shape index (κ2) is 8.10. The zero-order chi connectivity index (χ0) is 18.4. The van der Waals surface area contributed by atoms with Gasteiger partial charge in [-0.25, -0.2) is 4.79 Å². The van der Waals surface area contributed by atoms with Crippen LogP contribution in [-0.2, 0) is 9.53 Å². The fraction of sp³-hybridized carbons (Fsp3) is 0.211. The van der Waals surface area contributed by atoms with Crippen LogP contribution in [0.2, 0.25) is 0 Å². The molecular weight excluding hydrogens is 322 g/mol. The first kappa shape index (κ1) is 18.2. The molecule has 2 N–H and O–H groups in total. The largest absolute Gasteiger partial charge is 0.481 e. The van der Waals surface area contributed by atoms with Crippen LogP contribution >= 0.6 is 0 Å². The third-order valence-corrected chi connectivity index (χ3v) is 3.56. The first-order valence-electron chi connectivity index (χ1n) is 7.66. The molecule has 0 unspecified atom stereocenters. The van der Waals surface area contributed by atoms with Crippen LogP contribution in [0.1, 0.15) is 31.8 Å². The number of carbonyl (C=O) groups excluding carboxylic acids is 3. The van der Waals surface area contributed by atoms with Gasteiger partial charge in [0.05, 0.1) is 5.56 Å². The molecular formula is C19H19NO5. The fourth-order valence-corrected chi connectivity index (χ4v) is 2.23. The summed E-state index contributed by atoms with van der Waals surface area (Å²) in [4.78, 5) is 35.2. The molecule has 6 nitrogen and oxygen atoms in total. The quantitative estimate of drug-likeness (QED) is 0.615. The van der Waals surface area contributed by atoms with Crippen molar-refractivity contribution in [3.05, 3.63) is 64.7 Å². The molecule has 2 rings (SSSR count). The first-order chi connectivity index (χ1) is 11.9. The molecule has 0 aromatic heterocycles. The summed E-state index contributed by atoms with van der Waals surface area (Å²) in [5.41, 5.74) is 7.69. The number of nitrogens with two attached hydrogens (primary N) is 1. The highest BCUT2D eigenvalue weighted by molar-refractivity contribution is 5.99. The van der Waals surface area contributed by atoms with Crippen LogP contribution in [0.25, 0.3) is 0 Å². The number of esters is 1. The fourth-order valence-electron chi connectivity index (χ4n) is 2.23. The van der Waals surface area contributed by atoms with Crippen LogP contribution in [0.5, 0.6) is 5.75 Å². The Hall–Kier alpha value is -3.15. The Labute approximate surface area is 145 Å². The zero-order valence-corrected chi connectivity index (χ0v) is 14.1. The van der Waals surface area contributed by atoms with E-state index in [2.05, 4.69) is 0 Å². The van der Waals surface area contributed by atoms with Crippen LogP contribution in [-0.4, -0.2) is 30.9 Å². The van der Waals surface area contributed by atoms with Gasteiger partial charge in [-0.05, 0) is 37.6 Å². The van der Waals surface area contributed by atoms with E-state index < -0.39 is 18.5 Å². The molecule has 2 aromatic carbocycles. The minimum atomic E-state index is -0.710. The molecule has 0 heterocycles. The van der Waals surface area contributed by atoms with Gasteiger partial charge in [0.15, 0.2) is 13.2 Å². The predicted octanol–water partition coefficient (Wildman–Crippen LogP) is 2.21. The molecule has 0 bridgehead atoms. The number of amides is 1. The molecule has 0 atom stereocenters. The van der Waals surface area contributed by atoms with Gasteiger partial charge in [0.2, 0.25) is 5.78 Å². The number of hydrogen-bond acceptors (Lipinski definition) is 5. The van der Waals surface area contributed by atoms with Crippen molar-refractivity contribution in [2.24, 2.45) is 5.73 Å². The second-order valence-electron chi connectivity index (χ2n) is 5.55. The maximum absolute atomic E-state index is 12.2. The standard InChI is InChI=1S/C19H19NO5/c1-12-7-8-13(2)15(9-12)16(21)10-25-18(22)11-24-17-6-4-3-5-14(17)19(20)23/h3-9H,10-11H2,1-2H3,(H2,20,23). The van der Waals surface area contributed by atoms with Crippen LogP contribution in [0, 0.1) is 13.8 Å². The van der Waals surface area contributed by atoms with Gasteiger partial charge < -0.3 is 15.2 Å². The highest BCUT2D eigenvalue weighted by Gasteiger charge is 2.14. The highest BCUT2D eigenvalue weighted by atomic mass is 16.6. The average Bonchev–Trinajstić information content (AvgIpc) is 2.60. The monoisotopic (exact) mass is 341 g/mol. The lowest BCUT2D eigenvalue weighted by atomic mass is 10.0. The maximum atomic E-state index is 12.2. The van der Waals surface area contributed by atoms with E-state index in [1.54, 1.807) is 18.2 Å². The maximum Gasteiger partial charge on any atom is 0.344 e. The molecule has 2 aromatic rings. The Morgan fingerprint density at radius 3 is 2.40 bits per heavy atom. The molecule has 0 aliphatic carbocycles. The van der Waals surface area contributed by atoms with Crippen LogP contribution in [0.3, 0.4) is 0 Å². The highest BCUT2D eigenvalue weighted by Crippen LogP contribution is 2.17. The van der Waals surface area contributed by atoms with Crippen molar-refractivity contribution in [3.8, 4) is 5.75 Å². The summed E-state index contributed by atoms with van der Waals surface area (Å²) in [6.45, 7) is 2.90. The SMILES string of the molecule is Cc1ccc(C)c(C(=O)COC(=O)COc2ccccc2C(N)=O)c1. The summed E-state index contributed by atoms with van der Waals surface area (Å²) in [6.07, 6.45) is 0. The van der Waals surface area contributed by atoms with Gasteiger partial charge in [0, 0.05) is 5.56 Å². The van der Waals surface area contributed by atoms with Gasteiger partial charge in [-0.15, -0.1) is 0 Å². The summed E-state index contributed by atoms with van der Waals surface area (Å²) >= 11 is 0. The minimum Gasteiger partial charge on any atom is -0.481 e. The van der Waals surface area contributed by atoms with E-state index in [0.29, 0.717) is 5.56 Å². The molecule has 0 spiro atoms. The van der Waals surface area contributed by atoms with Gasteiger partial charge >= 0.3 is 5.97 Å². The molecule has 0 saturated heterocycles. The average molecular weight is 341 g/mol. The summed E-state index contributed by atoms with van der Waals surface area (Å²) in [5, 5.41) is 0. The van der Waals surface area contributed by atoms with E-state index >= 15 is 0 Å². The van der Waals surface area contributed by atoms with Crippen molar-refractivity contribution in [2.75, 3.05) is 13.2 Å². The lowest BCUT2D eigenvalue weighted by Crippen LogP contribution is -2.21. The molecule has 0 aliphatic rings. The summed E-state index contributed by atoms with van der Waals surface area (Å²) < 4.78 is 10.2. The molecule has 1 amide bonds. The minimum absolute atomic E-state index is 0.168. The normalized spacial score (nSPS) is 10.2. The Balaban J connectivity index is 1.90. The summed E-state index contributed by atoms with van der Waals surface area (Å²) in [7, 11) is 0. The number of hydrogen-bond donors (Lipinski definition) is 1. The van der Waals surface area contributed by atoms with Gasteiger partial charge in [-0.3, -0.25) is 9.59 Å². The Kier molecular flexibility index (Phi) is 5.89. The number of carbonyl (C=O) groups is 3. The van der Waals surface area contributed by atoms with E-state index in [9.17, 15) is 14.4 Å². The van der Waals surface area contributed by atoms with Crippen molar-refractivity contribution in [2.45, 2.75) is 13.8 Å². The number of primary amides is 1. The van der Waals surface area contributed by atoms with Crippen molar-refractivity contribution in [1.82, 2.24) is 0 Å². The van der Waals surface area contributed by atoms with E-state index in [4.69, 9.17) is 15.2 Å². The predicted molar refractivity (Wildman–Crippen MR) is 91.7 cm³/mol. The van der Waals surface area contributed by atoms with Crippen LogP contribution < -0.4 is 10.5 Å². The number of benzene rings is 2. The first-order valence-corrected chi connectivity index (χ1v) is 7.66. The van der Waals surface area contributed by atoms with E-state index in [1.165, 1.54) is 12.1 Å². The lowest BCUT2D eigenvalue weighted by molar-refractivity contribution is -0.144. The molecule has 130 valence electrons. The molecule has 0 fully saturated rings. The number of ether oxygens (including phenoxy) is 2. The van der Waals surface area contributed by atoms with Gasteiger partial charge in [0.25, 0.3) is 5.91 Å². The lowest BCUT2D eigenvalue weighted by Gasteiger charge is -2.10. The number of Topliss-reactive ketones (excluding diaryl/α,β-unsaturated/α-hetero) is 1. The third kappa shape index (κ3) is 4.91. The number of aryl methyl sites for hydroxylation is 2. The number of para-hydroxylation sites is 1. The molecule has 0 radical (unpaired) electrons. The van der Waals surface area contributed by atoms with Crippen LogP contribution in [0.4, 0.5) is 0 Å². The molecule has 6 heteroatoms. The van der Waals surface area contributed by atoms with E-state index in [1.807, 2.05) is 26.0 Å². The second-order valence-corrected chi connectivity index (χ2v) is 5.55. The zero-order valence-electron chi connectivity index (χ0n) is 14.1. The number of ketones is 1. The summed E-state index contributed by atoms with van der Waals surface area (Å²) in [5.74, 6) is -1.47. The number of rotatable bonds is 7. The third-order valence-electron chi connectivity index (χ3n) is 3.56. The van der Waals surface area contributed by atoms with Crippen molar-refractivity contribution >= 4 is 17.7 Å². The smallest absolute Gasteiger partial charge is 0.344 e. The molecule has 0 aliphatic heterocycles. The van der Waals surface area contributed by atoms with Gasteiger partial charge in [-0.1, -0.05) is 29.8 Å². The topological polar surface area (TPSA) is 95.7 Å². The van der Waals surface area contributed by atoms with E-state index in [-0.39, 0.29) is 23.7 Å². The van der Waals surface area contributed by atoms with Gasteiger partial charge in [-0.2, -0.15) is 0 Å². The molecule has 25 heavy (non-hydrogen) atoms. The van der Waals surface area contributed by atoms with Crippen LogP contribution in [0.15, 0.2) is 42.5 Å². The van der Waals surface area contributed by atoms with Crippen molar-refractivity contribution in [3.63, 3.8) is 0 Å². The van der Waals surface area contributed by atoms with E-state index in [0.717, 1.165) is 11.1 Å². The Morgan fingerprint density at radius 1 is 0.960 bits per heavy atom. The Bertz CT molecular complexity index is 813. The van der Waals surface area contributed by atoms with Crippen molar-refractivity contribution < 1.29 is 23.9 Å². The molecule has 0 saturated carbocycles. The Morgan fingerprint density at radius 2 is 1.68 bits per heavy atom. The summed E-state index contributed by atoms with van der Waals surface area (Å²) in [6, 6.07) is 11.8.